The number of carbonyl (C=O) groups excluding carboxylic acids is 2. The Kier molecular flexibility index (Phi) is 6.52. The van der Waals surface area contributed by atoms with Gasteiger partial charge in [-0.25, -0.2) is 4.79 Å². The molecular formula is C18H25N3O4. The van der Waals surface area contributed by atoms with Crippen molar-refractivity contribution in [1.29, 1.82) is 0 Å². The van der Waals surface area contributed by atoms with E-state index < -0.39 is 18.1 Å². The Bertz CT molecular complexity index is 618. The fourth-order valence-corrected chi connectivity index (χ4v) is 2.87. The fraction of sp³-hybridized carbons (Fsp3) is 0.500. The molecule has 2 rings (SSSR count). The highest BCUT2D eigenvalue weighted by atomic mass is 16.4. The van der Waals surface area contributed by atoms with E-state index in [0.29, 0.717) is 24.9 Å². The second kappa shape index (κ2) is 8.62. The van der Waals surface area contributed by atoms with E-state index >= 15 is 0 Å². The maximum absolute atomic E-state index is 12.3. The zero-order valence-corrected chi connectivity index (χ0v) is 14.5. The molecule has 0 spiro atoms. The topological polar surface area (TPSA) is 108 Å². The van der Waals surface area contributed by atoms with E-state index in [-0.39, 0.29) is 23.8 Å². The number of nitrogens with one attached hydrogen (secondary N) is 3. The Labute approximate surface area is 147 Å². The molecule has 4 N–H and O–H groups in total. The van der Waals surface area contributed by atoms with Crippen molar-refractivity contribution in [2.24, 2.45) is 5.92 Å². The van der Waals surface area contributed by atoms with Crippen LogP contribution in [-0.2, 0) is 9.59 Å². The van der Waals surface area contributed by atoms with E-state index in [1.54, 1.807) is 24.3 Å². The summed E-state index contributed by atoms with van der Waals surface area (Å²) >= 11 is 0. The van der Waals surface area contributed by atoms with E-state index in [9.17, 15) is 19.5 Å². The van der Waals surface area contributed by atoms with E-state index in [1.807, 2.05) is 19.9 Å². The molecule has 1 aromatic carbocycles. The molecule has 0 saturated carbocycles. The molecule has 25 heavy (non-hydrogen) atoms. The second-order valence-corrected chi connectivity index (χ2v) is 6.76. The van der Waals surface area contributed by atoms with Crippen molar-refractivity contribution in [2.45, 2.75) is 44.8 Å². The van der Waals surface area contributed by atoms with Gasteiger partial charge in [-0.15, -0.1) is 0 Å². The second-order valence-electron chi connectivity index (χ2n) is 6.76. The van der Waals surface area contributed by atoms with Gasteiger partial charge in [-0.2, -0.15) is 0 Å². The van der Waals surface area contributed by atoms with Crippen molar-refractivity contribution in [2.75, 3.05) is 6.54 Å². The van der Waals surface area contributed by atoms with Gasteiger partial charge in [0.2, 0.25) is 5.91 Å². The molecule has 1 heterocycles. The summed E-state index contributed by atoms with van der Waals surface area (Å²) < 4.78 is 0. The molecule has 136 valence electrons. The van der Waals surface area contributed by atoms with Gasteiger partial charge in [-0.1, -0.05) is 32.0 Å². The molecule has 0 bridgehead atoms. The summed E-state index contributed by atoms with van der Waals surface area (Å²) in [6.07, 6.45) is 0.806. The van der Waals surface area contributed by atoms with Crippen molar-refractivity contribution < 1.29 is 19.5 Å². The highest BCUT2D eigenvalue weighted by Crippen LogP contribution is 2.11. The number of carboxylic acid groups (broad SMARTS) is 1. The van der Waals surface area contributed by atoms with Gasteiger partial charge >= 0.3 is 5.97 Å². The molecular weight excluding hydrogens is 322 g/mol. The van der Waals surface area contributed by atoms with Crippen LogP contribution in [0.3, 0.4) is 0 Å². The summed E-state index contributed by atoms with van der Waals surface area (Å²) in [5.74, 6) is -1.40. The van der Waals surface area contributed by atoms with E-state index in [0.717, 1.165) is 0 Å². The van der Waals surface area contributed by atoms with Crippen LogP contribution in [0.1, 0.15) is 37.0 Å². The largest absolute Gasteiger partial charge is 0.480 e. The monoisotopic (exact) mass is 347 g/mol. The molecule has 2 unspecified atom stereocenters. The van der Waals surface area contributed by atoms with Crippen LogP contribution in [0.5, 0.6) is 0 Å². The molecule has 1 aromatic rings. The van der Waals surface area contributed by atoms with E-state index in [1.165, 1.54) is 0 Å². The zero-order valence-electron chi connectivity index (χ0n) is 14.5. The van der Waals surface area contributed by atoms with Gasteiger partial charge in [0, 0.05) is 18.2 Å². The molecule has 2 amide bonds. The number of benzene rings is 1. The van der Waals surface area contributed by atoms with Crippen molar-refractivity contribution in [3.8, 4) is 0 Å². The smallest absolute Gasteiger partial charge is 0.326 e. The quantitative estimate of drug-likeness (QED) is 0.583. The van der Waals surface area contributed by atoms with Gasteiger partial charge in [-0.3, -0.25) is 9.59 Å². The highest BCUT2D eigenvalue weighted by Gasteiger charge is 2.32. The van der Waals surface area contributed by atoms with Gasteiger partial charge < -0.3 is 21.1 Å². The van der Waals surface area contributed by atoms with E-state index in [2.05, 4.69) is 16.0 Å². The van der Waals surface area contributed by atoms with Gasteiger partial charge in [0.15, 0.2) is 0 Å². The maximum Gasteiger partial charge on any atom is 0.326 e. The number of carbonyl (C=O) groups is 3. The summed E-state index contributed by atoms with van der Waals surface area (Å²) in [5.41, 5.74) is 0.568. The van der Waals surface area contributed by atoms with Crippen molar-refractivity contribution >= 4 is 17.8 Å². The fourth-order valence-electron chi connectivity index (χ4n) is 2.87. The standard InChI is InChI=1S/C18H25N3O4/c1-11(2)8-15(18(24)25)21-17(23)14-9-13(10-19-14)20-16(22)12-6-4-3-5-7-12/h3-7,11,13-15,19H,8-10H2,1-2H3,(H,20,22)(H,21,23)(H,24,25)/t13?,14?,15-/m0/s1. The minimum atomic E-state index is -1.03. The number of aliphatic carboxylic acids is 1. The Balaban J connectivity index is 1.86. The number of hydrogen-bond donors (Lipinski definition) is 4. The Hall–Kier alpha value is -2.41. The summed E-state index contributed by atoms with van der Waals surface area (Å²) in [5, 5.41) is 17.7. The predicted octanol–water partition coefficient (Wildman–Crippen LogP) is 0.762. The van der Waals surface area contributed by atoms with Crippen LogP contribution in [-0.4, -0.2) is 47.6 Å². The normalized spacial score (nSPS) is 20.9. The Morgan fingerprint density at radius 3 is 2.52 bits per heavy atom. The lowest BCUT2D eigenvalue weighted by Gasteiger charge is -2.19. The summed E-state index contributed by atoms with van der Waals surface area (Å²) in [4.78, 5) is 35.7. The minimum absolute atomic E-state index is 0.163. The van der Waals surface area contributed by atoms with Crippen LogP contribution < -0.4 is 16.0 Å². The highest BCUT2D eigenvalue weighted by molar-refractivity contribution is 5.94. The summed E-state index contributed by atoms with van der Waals surface area (Å²) in [6.45, 7) is 4.29. The molecule has 0 aliphatic carbocycles. The van der Waals surface area contributed by atoms with Crippen LogP contribution in [0.2, 0.25) is 0 Å². The van der Waals surface area contributed by atoms with Crippen molar-refractivity contribution in [3.05, 3.63) is 35.9 Å². The third kappa shape index (κ3) is 5.56. The molecule has 1 saturated heterocycles. The van der Waals surface area contributed by atoms with Gasteiger partial charge in [0.1, 0.15) is 6.04 Å². The van der Waals surface area contributed by atoms with Crippen LogP contribution in [0.15, 0.2) is 30.3 Å². The molecule has 1 aliphatic heterocycles. The summed E-state index contributed by atoms with van der Waals surface area (Å²) in [7, 11) is 0. The van der Waals surface area contributed by atoms with Crippen LogP contribution in [0.25, 0.3) is 0 Å². The first kappa shape index (κ1) is 18.9. The molecule has 1 aliphatic rings. The summed E-state index contributed by atoms with van der Waals surface area (Å²) in [6, 6.07) is 7.30. The lowest BCUT2D eigenvalue weighted by atomic mass is 10.0. The third-order valence-corrected chi connectivity index (χ3v) is 4.14. The zero-order chi connectivity index (χ0) is 18.4. The maximum atomic E-state index is 12.3. The molecule has 0 radical (unpaired) electrons. The Morgan fingerprint density at radius 2 is 1.92 bits per heavy atom. The first-order chi connectivity index (χ1) is 11.9. The first-order valence-electron chi connectivity index (χ1n) is 8.49. The van der Waals surface area contributed by atoms with Gasteiger partial charge in [0.25, 0.3) is 5.91 Å². The predicted molar refractivity (Wildman–Crippen MR) is 93.1 cm³/mol. The molecule has 0 aromatic heterocycles. The lowest BCUT2D eigenvalue weighted by molar-refractivity contribution is -0.142. The minimum Gasteiger partial charge on any atom is -0.480 e. The van der Waals surface area contributed by atoms with Gasteiger partial charge in [0.05, 0.1) is 6.04 Å². The van der Waals surface area contributed by atoms with Crippen LogP contribution in [0, 0.1) is 5.92 Å². The lowest BCUT2D eigenvalue weighted by Crippen LogP contribution is -2.48. The molecule has 7 nitrogen and oxygen atoms in total. The average molecular weight is 347 g/mol. The SMILES string of the molecule is CC(C)C[C@H](NC(=O)C1CC(NC(=O)c2ccccc2)CN1)C(=O)O. The Morgan fingerprint density at radius 1 is 1.24 bits per heavy atom. The number of hydrogen-bond acceptors (Lipinski definition) is 4. The van der Waals surface area contributed by atoms with Gasteiger partial charge in [-0.05, 0) is 30.9 Å². The number of amides is 2. The van der Waals surface area contributed by atoms with E-state index in [4.69, 9.17) is 0 Å². The average Bonchev–Trinajstić information content (AvgIpc) is 3.03. The van der Waals surface area contributed by atoms with Crippen LogP contribution >= 0.6 is 0 Å². The number of rotatable bonds is 7. The first-order valence-corrected chi connectivity index (χ1v) is 8.49. The van der Waals surface area contributed by atoms with Crippen LogP contribution in [0.4, 0.5) is 0 Å². The number of carboxylic acids is 1. The molecule has 1 fully saturated rings. The van der Waals surface area contributed by atoms with Crippen molar-refractivity contribution in [1.82, 2.24) is 16.0 Å². The third-order valence-electron chi connectivity index (χ3n) is 4.14. The molecule has 3 atom stereocenters. The van der Waals surface area contributed by atoms with Crippen molar-refractivity contribution in [3.63, 3.8) is 0 Å². The molecule has 7 heteroatoms.